The predicted octanol–water partition coefficient (Wildman–Crippen LogP) is 7.13. The second-order valence-corrected chi connectivity index (χ2v) is 5.60. The molecule has 0 rings (SSSR count). The normalized spacial score (nSPS) is 19.8. The first kappa shape index (κ1) is 31.4. The molecule has 0 aromatic rings. The van der Waals surface area contributed by atoms with E-state index in [9.17, 15) is 96.6 Å². The van der Waals surface area contributed by atoms with Crippen molar-refractivity contribution in [2.45, 2.75) is 60.1 Å². The molecule has 0 aliphatic rings. The first-order valence-corrected chi connectivity index (χ1v) is 6.57. The van der Waals surface area contributed by atoms with E-state index in [-0.39, 0.29) is 0 Å². The van der Waals surface area contributed by atoms with E-state index in [1.807, 2.05) is 0 Å². The van der Waals surface area contributed by atoms with Crippen LogP contribution in [0.5, 0.6) is 0 Å². The van der Waals surface area contributed by atoms with Crippen molar-refractivity contribution in [2.24, 2.45) is 0 Å². The lowest BCUT2D eigenvalue weighted by Crippen LogP contribution is -2.79. The number of rotatable bonds is 4. The van der Waals surface area contributed by atoms with Crippen LogP contribution in [-0.2, 0) is 4.74 Å². The van der Waals surface area contributed by atoms with Gasteiger partial charge in [-0.15, -0.1) is 0 Å². The lowest BCUT2D eigenvalue weighted by atomic mass is 9.89. The van der Waals surface area contributed by atoms with E-state index in [0.29, 0.717) is 0 Å². The Morgan fingerprint density at radius 2 is 0.394 bits per heavy atom. The zero-order valence-electron chi connectivity index (χ0n) is 13.7. The molecule has 0 heterocycles. The van der Waals surface area contributed by atoms with Gasteiger partial charge >= 0.3 is 60.1 Å². The molecular weight excluding hydrogens is 554 g/mol. The van der Waals surface area contributed by atoms with Gasteiger partial charge < -0.3 is 0 Å². The predicted molar refractivity (Wildman–Crippen MR) is 52.8 cm³/mol. The van der Waals surface area contributed by atoms with Crippen LogP contribution in [0.25, 0.3) is 0 Å². The highest BCUT2D eigenvalue weighted by Crippen LogP contribution is 2.65. The molecule has 0 aliphatic heterocycles. The second kappa shape index (κ2) is 7.46. The molecular formula is C10F22O. The molecule has 0 N–H and O–H groups in total. The van der Waals surface area contributed by atoms with Crippen molar-refractivity contribution in [3.8, 4) is 0 Å². The van der Waals surface area contributed by atoms with Gasteiger partial charge in [-0.2, -0.15) is 87.8 Å². The van der Waals surface area contributed by atoms with Gasteiger partial charge in [-0.25, -0.2) is 8.78 Å². The van der Waals surface area contributed by atoms with Gasteiger partial charge in [0.25, 0.3) is 0 Å². The summed E-state index contributed by atoms with van der Waals surface area (Å²) in [6.07, 6.45) is -51.7. The average Bonchev–Trinajstić information content (AvgIpc) is 2.45. The van der Waals surface area contributed by atoms with Crippen LogP contribution in [0.2, 0.25) is 0 Å². The molecule has 33 heavy (non-hydrogen) atoms. The van der Waals surface area contributed by atoms with E-state index in [4.69, 9.17) is 0 Å². The summed E-state index contributed by atoms with van der Waals surface area (Å²) in [7, 11) is 0. The smallest absolute Gasteiger partial charge is 0.287 e. The molecule has 0 amide bonds. The number of ether oxygens (including phenoxy) is 1. The lowest BCUT2D eigenvalue weighted by molar-refractivity contribution is -0.545. The van der Waals surface area contributed by atoms with E-state index >= 15 is 0 Å². The number of hydrogen-bond donors (Lipinski definition) is 0. The fraction of sp³-hybridized carbons (Fsp3) is 1.00. The van der Waals surface area contributed by atoms with Gasteiger partial charge in [-0.3, -0.25) is 4.74 Å². The Hall–Kier alpha value is -1.58. The molecule has 2 atom stereocenters. The molecule has 0 bridgehead atoms. The van der Waals surface area contributed by atoms with Gasteiger partial charge in [-0.05, 0) is 0 Å². The van der Waals surface area contributed by atoms with Crippen molar-refractivity contribution in [3.05, 3.63) is 0 Å². The monoisotopic (exact) mass is 554 g/mol. The minimum absolute atomic E-state index is 0.777. The summed E-state index contributed by atoms with van der Waals surface area (Å²) in [5.41, 5.74) is -18.1. The van der Waals surface area contributed by atoms with Crippen molar-refractivity contribution in [1.29, 1.82) is 0 Å². The van der Waals surface area contributed by atoms with E-state index < -0.39 is 60.1 Å². The summed E-state index contributed by atoms with van der Waals surface area (Å²) < 4.78 is 280. The van der Waals surface area contributed by atoms with Crippen molar-refractivity contribution in [2.75, 3.05) is 0 Å². The molecule has 23 heteroatoms. The fourth-order valence-electron chi connectivity index (χ4n) is 1.89. The summed E-state index contributed by atoms with van der Waals surface area (Å²) in [5, 5.41) is 0. The van der Waals surface area contributed by atoms with Crippen molar-refractivity contribution in [1.82, 2.24) is 0 Å². The minimum atomic E-state index is -9.16. The summed E-state index contributed by atoms with van der Waals surface area (Å²) in [6, 6.07) is 0. The van der Waals surface area contributed by atoms with Crippen LogP contribution in [0, 0.1) is 0 Å². The van der Waals surface area contributed by atoms with Gasteiger partial charge in [0.15, 0.2) is 0 Å². The van der Waals surface area contributed by atoms with Crippen LogP contribution in [0.15, 0.2) is 0 Å². The largest absolute Gasteiger partial charge is 0.452 e. The molecule has 2 unspecified atom stereocenters. The maximum Gasteiger partial charge on any atom is 0.452 e. The zero-order valence-corrected chi connectivity index (χ0v) is 13.7. The molecule has 0 saturated carbocycles. The number of halogens is 22. The van der Waals surface area contributed by atoms with Crippen LogP contribution in [0.3, 0.4) is 0 Å². The molecule has 0 spiro atoms. The van der Waals surface area contributed by atoms with Crippen molar-refractivity contribution >= 4 is 0 Å². The van der Waals surface area contributed by atoms with Gasteiger partial charge in [-0.1, -0.05) is 0 Å². The minimum Gasteiger partial charge on any atom is -0.287 e. The molecule has 0 fully saturated rings. The average molecular weight is 554 g/mol. The first-order chi connectivity index (χ1) is 13.7. The molecule has 200 valence electrons. The van der Waals surface area contributed by atoms with Gasteiger partial charge in [0.05, 0.1) is 0 Å². The Morgan fingerprint density at radius 1 is 0.242 bits per heavy atom. The summed E-state index contributed by atoms with van der Waals surface area (Å²) >= 11 is 0. The first-order valence-electron chi connectivity index (χ1n) is 6.57. The molecule has 0 radical (unpaired) electrons. The van der Waals surface area contributed by atoms with Crippen LogP contribution >= 0.6 is 0 Å². The van der Waals surface area contributed by atoms with Crippen LogP contribution in [-0.4, -0.2) is 60.1 Å². The zero-order chi connectivity index (χ0) is 27.7. The van der Waals surface area contributed by atoms with Crippen LogP contribution in [0.4, 0.5) is 96.6 Å². The Labute approximate surface area is 163 Å². The standard InChI is InChI=1S/C10F22O/c11-1(5(15,16)17,6(18,19)20)3(13,9(27,28)29)33-4(14,10(30,31)32)2(12,7(21,22)23)8(24,25)26. The summed E-state index contributed by atoms with van der Waals surface area (Å²) in [5.74, 6) is -18.3. The van der Waals surface area contributed by atoms with Crippen molar-refractivity contribution < 1.29 is 101 Å². The van der Waals surface area contributed by atoms with E-state index in [0.717, 1.165) is 4.74 Å². The Morgan fingerprint density at radius 3 is 0.485 bits per heavy atom. The molecule has 1 nitrogen and oxygen atoms in total. The third-order valence-electron chi connectivity index (χ3n) is 3.46. The molecule has 0 aliphatic carbocycles. The Bertz CT molecular complexity index is 610. The highest BCUT2D eigenvalue weighted by Gasteiger charge is 2.97. The SMILES string of the molecule is FC(F)(F)C(F)(OC(F)(C(F)(F)F)C(F)(C(F)(F)F)C(F)(F)F)C(F)(C(F)(F)F)C(F)(F)F. The third-order valence-corrected chi connectivity index (χ3v) is 3.46. The van der Waals surface area contributed by atoms with Crippen LogP contribution < -0.4 is 0 Å². The topological polar surface area (TPSA) is 9.23 Å². The third kappa shape index (κ3) is 4.21. The Kier molecular flexibility index (Phi) is 7.10. The Balaban J connectivity index is 7.85. The second-order valence-electron chi connectivity index (χ2n) is 5.60. The van der Waals surface area contributed by atoms with Gasteiger partial charge in [0, 0.05) is 0 Å². The lowest BCUT2D eigenvalue weighted by Gasteiger charge is -2.47. The van der Waals surface area contributed by atoms with Gasteiger partial charge in [0.2, 0.25) is 0 Å². The van der Waals surface area contributed by atoms with E-state index in [1.54, 1.807) is 0 Å². The van der Waals surface area contributed by atoms with Crippen LogP contribution in [0.1, 0.15) is 0 Å². The molecule has 0 aromatic carbocycles. The maximum absolute atomic E-state index is 13.9. The van der Waals surface area contributed by atoms with E-state index in [1.165, 1.54) is 0 Å². The van der Waals surface area contributed by atoms with Crippen molar-refractivity contribution in [3.63, 3.8) is 0 Å². The number of alkyl halides is 22. The fourth-order valence-corrected chi connectivity index (χ4v) is 1.89. The highest BCUT2D eigenvalue weighted by molar-refractivity contribution is 5.15. The van der Waals surface area contributed by atoms with E-state index in [2.05, 4.69) is 0 Å². The highest BCUT2D eigenvalue weighted by atomic mass is 19.5. The summed E-state index contributed by atoms with van der Waals surface area (Å²) in [6.45, 7) is 0. The molecule has 0 aromatic heterocycles. The maximum atomic E-state index is 13.9. The van der Waals surface area contributed by atoms with Gasteiger partial charge in [0.1, 0.15) is 0 Å². The number of hydrogen-bond acceptors (Lipinski definition) is 1. The molecule has 0 saturated heterocycles. The quantitative estimate of drug-likeness (QED) is 0.337. The summed E-state index contributed by atoms with van der Waals surface area (Å²) in [4.78, 5) is 0.